The number of carbonyl (C=O) groups is 1. The Labute approximate surface area is 210 Å². The fraction of sp³-hybridized carbons (Fsp3) is 0.345. The number of hydrogen-bond acceptors (Lipinski definition) is 6. The molecule has 0 bridgehead atoms. The third-order valence-electron chi connectivity index (χ3n) is 7.74. The molecule has 1 saturated heterocycles. The van der Waals surface area contributed by atoms with Crippen LogP contribution in [0, 0.1) is 0 Å². The van der Waals surface area contributed by atoms with Gasteiger partial charge in [-0.25, -0.2) is 0 Å². The number of fused-ring (bicyclic) bond motifs is 3. The number of piperidine rings is 1. The molecule has 1 fully saturated rings. The first-order chi connectivity index (χ1) is 17.6. The molecule has 2 aliphatic heterocycles. The topological polar surface area (TPSA) is 80.3 Å². The van der Waals surface area contributed by atoms with Crippen LogP contribution in [0.25, 0.3) is 0 Å². The highest BCUT2D eigenvalue weighted by Crippen LogP contribution is 2.51. The first-order valence-electron chi connectivity index (χ1n) is 12.5. The molecule has 7 nitrogen and oxygen atoms in total. The minimum atomic E-state index is -0.691. The van der Waals surface area contributed by atoms with Gasteiger partial charge >= 0.3 is 0 Å². The monoisotopic (exact) mass is 486 g/mol. The van der Waals surface area contributed by atoms with E-state index in [1.165, 1.54) is 5.56 Å². The third kappa shape index (κ3) is 4.18. The van der Waals surface area contributed by atoms with Gasteiger partial charge in [-0.1, -0.05) is 48.5 Å². The molecule has 186 valence electrons. The summed E-state index contributed by atoms with van der Waals surface area (Å²) in [7, 11) is 0. The standard InChI is InChI=1S/C29H30N2O5/c32-26(18-34-21-6-2-1-3-7-21)30-27-22-8-4-5-9-23(22)29(28(27)33)12-14-31(15-13-29)17-20-10-11-24-25(16-20)36-19-35-24/h1-11,16,27-28,33H,12-15,17-19H2,(H,30,32)/t27-,28+/m1/s1. The zero-order chi connectivity index (χ0) is 24.5. The van der Waals surface area contributed by atoms with Crippen molar-refractivity contribution in [3.8, 4) is 17.2 Å². The Morgan fingerprint density at radius 2 is 1.75 bits per heavy atom. The predicted octanol–water partition coefficient (Wildman–Crippen LogP) is 3.56. The van der Waals surface area contributed by atoms with Crippen LogP contribution >= 0.6 is 0 Å². The molecule has 1 spiro atoms. The Morgan fingerprint density at radius 3 is 2.58 bits per heavy atom. The first-order valence-corrected chi connectivity index (χ1v) is 12.5. The van der Waals surface area contributed by atoms with Gasteiger partial charge in [-0.3, -0.25) is 9.69 Å². The van der Waals surface area contributed by atoms with Crippen molar-refractivity contribution < 1.29 is 24.1 Å². The van der Waals surface area contributed by atoms with Crippen LogP contribution < -0.4 is 19.5 Å². The van der Waals surface area contributed by atoms with Gasteiger partial charge in [0.1, 0.15) is 5.75 Å². The summed E-state index contributed by atoms with van der Waals surface area (Å²) in [5, 5.41) is 14.6. The maximum absolute atomic E-state index is 12.8. The summed E-state index contributed by atoms with van der Waals surface area (Å²) in [6, 6.07) is 23.1. The molecule has 6 rings (SSSR count). The molecule has 2 atom stereocenters. The van der Waals surface area contributed by atoms with Gasteiger partial charge in [-0.15, -0.1) is 0 Å². The fourth-order valence-corrected chi connectivity index (χ4v) is 5.88. The van der Waals surface area contributed by atoms with E-state index in [1.54, 1.807) is 0 Å². The summed E-state index contributed by atoms with van der Waals surface area (Å²) in [5.41, 5.74) is 2.96. The second-order valence-electron chi connectivity index (χ2n) is 9.80. The molecule has 0 radical (unpaired) electrons. The van der Waals surface area contributed by atoms with Gasteiger partial charge < -0.3 is 24.6 Å². The summed E-state index contributed by atoms with van der Waals surface area (Å²) < 4.78 is 16.6. The highest BCUT2D eigenvalue weighted by atomic mass is 16.7. The smallest absolute Gasteiger partial charge is 0.258 e. The van der Waals surface area contributed by atoms with Gasteiger partial charge in [0.15, 0.2) is 18.1 Å². The van der Waals surface area contributed by atoms with Crippen LogP contribution in [-0.4, -0.2) is 48.5 Å². The van der Waals surface area contributed by atoms with E-state index in [-0.39, 0.29) is 24.7 Å². The van der Waals surface area contributed by atoms with Gasteiger partial charge in [0.25, 0.3) is 5.91 Å². The first kappa shape index (κ1) is 22.9. The van der Waals surface area contributed by atoms with Crippen molar-refractivity contribution in [2.24, 2.45) is 0 Å². The van der Waals surface area contributed by atoms with Crippen molar-refractivity contribution in [1.29, 1.82) is 0 Å². The van der Waals surface area contributed by atoms with Crippen LogP contribution in [0.3, 0.4) is 0 Å². The zero-order valence-electron chi connectivity index (χ0n) is 20.1. The number of amides is 1. The number of likely N-dealkylation sites (tertiary alicyclic amines) is 1. The van der Waals surface area contributed by atoms with Crippen molar-refractivity contribution in [1.82, 2.24) is 10.2 Å². The highest BCUT2D eigenvalue weighted by Gasteiger charge is 2.52. The molecular weight excluding hydrogens is 456 g/mol. The highest BCUT2D eigenvalue weighted by molar-refractivity contribution is 5.78. The van der Waals surface area contributed by atoms with Crippen molar-refractivity contribution >= 4 is 5.91 Å². The van der Waals surface area contributed by atoms with E-state index in [0.717, 1.165) is 55.1 Å². The van der Waals surface area contributed by atoms with E-state index in [0.29, 0.717) is 5.75 Å². The number of aliphatic hydroxyl groups is 1. The number of benzene rings is 3. The molecule has 2 heterocycles. The van der Waals surface area contributed by atoms with E-state index in [4.69, 9.17) is 14.2 Å². The number of ether oxygens (including phenoxy) is 3. The van der Waals surface area contributed by atoms with Gasteiger partial charge in [0.05, 0.1) is 12.1 Å². The van der Waals surface area contributed by atoms with Crippen LogP contribution in [0.1, 0.15) is 35.6 Å². The van der Waals surface area contributed by atoms with Crippen molar-refractivity contribution in [3.63, 3.8) is 0 Å². The maximum Gasteiger partial charge on any atom is 0.258 e. The Balaban J connectivity index is 1.13. The minimum Gasteiger partial charge on any atom is -0.484 e. The van der Waals surface area contributed by atoms with E-state index in [1.807, 2.05) is 54.6 Å². The fourth-order valence-electron chi connectivity index (χ4n) is 5.88. The normalized spacial score (nSPS) is 21.8. The van der Waals surface area contributed by atoms with Gasteiger partial charge in [0.2, 0.25) is 6.79 Å². The summed E-state index contributed by atoms with van der Waals surface area (Å²) >= 11 is 0. The van der Waals surface area contributed by atoms with Crippen molar-refractivity contribution in [2.45, 2.75) is 36.9 Å². The molecule has 36 heavy (non-hydrogen) atoms. The van der Waals surface area contributed by atoms with E-state index < -0.39 is 12.1 Å². The van der Waals surface area contributed by atoms with Crippen LogP contribution in [0.5, 0.6) is 17.2 Å². The Bertz CT molecular complexity index is 1240. The second-order valence-corrected chi connectivity index (χ2v) is 9.80. The summed E-state index contributed by atoms with van der Waals surface area (Å²) in [4.78, 5) is 15.2. The average Bonchev–Trinajstić information content (AvgIpc) is 3.47. The lowest BCUT2D eigenvalue weighted by Gasteiger charge is -2.43. The van der Waals surface area contributed by atoms with Crippen molar-refractivity contribution in [2.75, 3.05) is 26.5 Å². The van der Waals surface area contributed by atoms with Gasteiger partial charge in [-0.2, -0.15) is 0 Å². The quantitative estimate of drug-likeness (QED) is 0.555. The molecule has 0 saturated carbocycles. The molecule has 0 aromatic heterocycles. The van der Waals surface area contributed by atoms with Crippen molar-refractivity contribution in [3.05, 3.63) is 89.5 Å². The lowest BCUT2D eigenvalue weighted by molar-refractivity contribution is -0.125. The molecule has 3 aromatic rings. The Morgan fingerprint density at radius 1 is 1.00 bits per heavy atom. The summed E-state index contributed by atoms with van der Waals surface area (Å²) in [5.74, 6) is 2.00. The Hall–Kier alpha value is -3.55. The number of nitrogens with zero attached hydrogens (tertiary/aromatic N) is 1. The van der Waals surface area contributed by atoms with Crippen LogP contribution in [0.4, 0.5) is 0 Å². The number of carbonyl (C=O) groups excluding carboxylic acids is 1. The number of rotatable bonds is 6. The largest absolute Gasteiger partial charge is 0.484 e. The van der Waals surface area contributed by atoms with Gasteiger partial charge in [-0.05, 0) is 66.9 Å². The molecule has 2 N–H and O–H groups in total. The lowest BCUT2D eigenvalue weighted by atomic mass is 9.72. The maximum atomic E-state index is 12.8. The van der Waals surface area contributed by atoms with Crippen LogP contribution in [0.15, 0.2) is 72.8 Å². The summed E-state index contributed by atoms with van der Waals surface area (Å²) in [6.45, 7) is 2.72. The Kier molecular flexibility index (Phi) is 6.03. The number of aliphatic hydroxyl groups excluding tert-OH is 1. The molecule has 3 aromatic carbocycles. The van der Waals surface area contributed by atoms with Crippen LogP contribution in [-0.2, 0) is 16.8 Å². The van der Waals surface area contributed by atoms with E-state index in [2.05, 4.69) is 28.4 Å². The average molecular weight is 487 g/mol. The second kappa shape index (κ2) is 9.48. The third-order valence-corrected chi connectivity index (χ3v) is 7.74. The van der Waals surface area contributed by atoms with Gasteiger partial charge in [0, 0.05) is 12.0 Å². The number of hydrogen-bond donors (Lipinski definition) is 2. The SMILES string of the molecule is O=C(COc1ccccc1)N[C@@H]1c2ccccc2C2(CCN(Cc3ccc4c(c3)OCO4)CC2)[C@H]1O. The lowest BCUT2D eigenvalue weighted by Crippen LogP contribution is -2.49. The van der Waals surface area contributed by atoms with Crippen LogP contribution in [0.2, 0.25) is 0 Å². The number of nitrogens with one attached hydrogen (secondary N) is 1. The summed E-state index contributed by atoms with van der Waals surface area (Å²) in [6.07, 6.45) is 0.953. The van der Waals surface area contributed by atoms with E-state index >= 15 is 0 Å². The van der Waals surface area contributed by atoms with E-state index in [9.17, 15) is 9.90 Å². The molecular formula is C29H30N2O5. The minimum absolute atomic E-state index is 0.0916. The molecule has 1 amide bonds. The molecule has 7 heteroatoms. The molecule has 0 unspecified atom stereocenters. The zero-order valence-corrected chi connectivity index (χ0v) is 20.1. The predicted molar refractivity (Wildman–Crippen MR) is 134 cm³/mol. The molecule has 3 aliphatic rings. The molecule has 1 aliphatic carbocycles. The number of para-hydroxylation sites is 1.